The predicted molar refractivity (Wildman–Crippen MR) is 67.9 cm³/mol. The maximum Gasteiger partial charge on any atom is 0.166 e. The molecule has 2 N–H and O–H groups in total. The van der Waals surface area contributed by atoms with Crippen LogP contribution in [-0.2, 0) is 0 Å². The van der Waals surface area contributed by atoms with Gasteiger partial charge in [0.25, 0.3) is 0 Å². The number of rotatable bonds is 3. The van der Waals surface area contributed by atoms with E-state index in [2.05, 4.69) is 4.98 Å². The minimum Gasteiger partial charge on any atom is -0.325 e. The van der Waals surface area contributed by atoms with Crippen molar-refractivity contribution in [2.45, 2.75) is 51.0 Å². The zero-order valence-electron chi connectivity index (χ0n) is 10.4. The van der Waals surface area contributed by atoms with Gasteiger partial charge in [-0.3, -0.25) is 9.78 Å². The van der Waals surface area contributed by atoms with Crippen LogP contribution in [0.3, 0.4) is 0 Å². The number of pyridine rings is 1. The highest BCUT2D eigenvalue weighted by atomic mass is 16.1. The lowest BCUT2D eigenvalue weighted by molar-refractivity contribution is 0.0933. The van der Waals surface area contributed by atoms with Crippen LogP contribution >= 0.6 is 0 Å². The quantitative estimate of drug-likeness (QED) is 0.815. The summed E-state index contributed by atoms with van der Waals surface area (Å²) in [5.74, 6) is 0.139. The van der Waals surface area contributed by atoms with Crippen molar-refractivity contribution >= 4 is 5.78 Å². The van der Waals surface area contributed by atoms with Crippen molar-refractivity contribution in [3.63, 3.8) is 0 Å². The second-order valence-corrected chi connectivity index (χ2v) is 5.21. The SMILES string of the molecule is Cc1ccncc1C(=O)CC1(N)CCCCC1. The van der Waals surface area contributed by atoms with Crippen LogP contribution in [0.4, 0.5) is 0 Å². The van der Waals surface area contributed by atoms with Crippen LogP contribution in [0, 0.1) is 6.92 Å². The van der Waals surface area contributed by atoms with Gasteiger partial charge in [0.05, 0.1) is 0 Å². The van der Waals surface area contributed by atoms with Crippen molar-refractivity contribution in [3.8, 4) is 0 Å². The Labute approximate surface area is 102 Å². The molecule has 0 aliphatic heterocycles. The van der Waals surface area contributed by atoms with E-state index in [0.717, 1.165) is 36.8 Å². The van der Waals surface area contributed by atoms with Gasteiger partial charge >= 0.3 is 0 Å². The average Bonchev–Trinajstić information content (AvgIpc) is 2.29. The lowest BCUT2D eigenvalue weighted by atomic mass is 9.78. The summed E-state index contributed by atoms with van der Waals surface area (Å²) >= 11 is 0. The fraction of sp³-hybridized carbons (Fsp3) is 0.571. The number of nitrogens with two attached hydrogens (primary N) is 1. The number of Topliss-reactive ketones (excluding diaryl/α,β-unsaturated/α-hetero) is 1. The number of aryl methyl sites for hydroxylation is 1. The molecule has 0 bridgehead atoms. The molecule has 3 heteroatoms. The molecule has 0 atom stereocenters. The lowest BCUT2D eigenvalue weighted by Gasteiger charge is -2.32. The molecular weight excluding hydrogens is 212 g/mol. The third kappa shape index (κ3) is 2.91. The van der Waals surface area contributed by atoms with Crippen LogP contribution in [0.1, 0.15) is 54.4 Å². The van der Waals surface area contributed by atoms with E-state index in [9.17, 15) is 4.79 Å². The smallest absolute Gasteiger partial charge is 0.166 e. The first-order chi connectivity index (χ1) is 8.11. The minimum absolute atomic E-state index is 0.139. The predicted octanol–water partition coefficient (Wildman–Crippen LogP) is 2.62. The van der Waals surface area contributed by atoms with Crippen LogP contribution in [0.2, 0.25) is 0 Å². The molecule has 17 heavy (non-hydrogen) atoms. The van der Waals surface area contributed by atoms with Gasteiger partial charge < -0.3 is 5.73 Å². The molecule has 0 unspecified atom stereocenters. The van der Waals surface area contributed by atoms with Crippen LogP contribution in [-0.4, -0.2) is 16.3 Å². The van der Waals surface area contributed by atoms with Crippen LogP contribution in [0.5, 0.6) is 0 Å². The van der Waals surface area contributed by atoms with E-state index in [4.69, 9.17) is 5.73 Å². The standard InChI is InChI=1S/C14H20N2O/c1-11-5-8-16-10-12(11)13(17)9-14(15)6-3-2-4-7-14/h5,8,10H,2-4,6-7,9,15H2,1H3. The fourth-order valence-corrected chi connectivity index (χ4v) is 2.60. The third-order valence-electron chi connectivity index (χ3n) is 3.70. The largest absolute Gasteiger partial charge is 0.325 e. The molecule has 1 aromatic heterocycles. The van der Waals surface area contributed by atoms with E-state index in [1.165, 1.54) is 6.42 Å². The highest BCUT2D eigenvalue weighted by Gasteiger charge is 2.30. The van der Waals surface area contributed by atoms with Crippen molar-refractivity contribution in [1.29, 1.82) is 0 Å². The molecule has 0 spiro atoms. The Bertz CT molecular complexity index is 408. The zero-order valence-corrected chi connectivity index (χ0v) is 10.4. The topological polar surface area (TPSA) is 56.0 Å². The van der Waals surface area contributed by atoms with Crippen molar-refractivity contribution in [2.24, 2.45) is 5.73 Å². The summed E-state index contributed by atoms with van der Waals surface area (Å²) in [6, 6.07) is 1.87. The van der Waals surface area contributed by atoms with Gasteiger partial charge in [-0.05, 0) is 31.4 Å². The van der Waals surface area contributed by atoms with Gasteiger partial charge in [0.2, 0.25) is 0 Å². The molecule has 1 heterocycles. The molecule has 1 aromatic rings. The molecule has 1 saturated carbocycles. The Hall–Kier alpha value is -1.22. The second kappa shape index (κ2) is 4.96. The summed E-state index contributed by atoms with van der Waals surface area (Å²) in [4.78, 5) is 16.2. The number of ketones is 1. The molecule has 0 aromatic carbocycles. The average molecular weight is 232 g/mol. The fourth-order valence-electron chi connectivity index (χ4n) is 2.60. The summed E-state index contributed by atoms with van der Waals surface area (Å²) in [7, 11) is 0. The number of carbonyl (C=O) groups is 1. The van der Waals surface area contributed by atoms with Crippen molar-refractivity contribution < 1.29 is 4.79 Å². The number of carbonyl (C=O) groups excluding carboxylic acids is 1. The van der Waals surface area contributed by atoms with Gasteiger partial charge in [0.15, 0.2) is 5.78 Å². The third-order valence-corrected chi connectivity index (χ3v) is 3.70. The summed E-state index contributed by atoms with van der Waals surface area (Å²) < 4.78 is 0. The molecule has 3 nitrogen and oxygen atoms in total. The Morgan fingerprint density at radius 3 is 2.76 bits per heavy atom. The second-order valence-electron chi connectivity index (χ2n) is 5.21. The van der Waals surface area contributed by atoms with Gasteiger partial charge in [-0.1, -0.05) is 19.3 Å². The van der Waals surface area contributed by atoms with Gasteiger partial charge in [0, 0.05) is 29.9 Å². The zero-order chi connectivity index (χ0) is 12.3. The van der Waals surface area contributed by atoms with E-state index >= 15 is 0 Å². The van der Waals surface area contributed by atoms with Gasteiger partial charge in [-0.2, -0.15) is 0 Å². The number of nitrogens with zero attached hydrogens (tertiary/aromatic N) is 1. The van der Waals surface area contributed by atoms with Crippen LogP contribution < -0.4 is 5.73 Å². The van der Waals surface area contributed by atoms with Crippen LogP contribution in [0.25, 0.3) is 0 Å². The first-order valence-electron chi connectivity index (χ1n) is 6.33. The van der Waals surface area contributed by atoms with E-state index in [0.29, 0.717) is 6.42 Å². The highest BCUT2D eigenvalue weighted by Crippen LogP contribution is 2.30. The lowest BCUT2D eigenvalue weighted by Crippen LogP contribution is -2.43. The monoisotopic (exact) mass is 232 g/mol. The molecule has 1 aliphatic rings. The molecule has 2 rings (SSSR count). The molecule has 1 aliphatic carbocycles. The molecule has 1 fully saturated rings. The van der Waals surface area contributed by atoms with Crippen molar-refractivity contribution in [2.75, 3.05) is 0 Å². The van der Waals surface area contributed by atoms with Gasteiger partial charge in [-0.15, -0.1) is 0 Å². The maximum absolute atomic E-state index is 12.2. The van der Waals surface area contributed by atoms with Gasteiger partial charge in [0.1, 0.15) is 0 Å². The molecule has 0 saturated heterocycles. The van der Waals surface area contributed by atoms with E-state index in [-0.39, 0.29) is 11.3 Å². The summed E-state index contributed by atoms with van der Waals surface area (Å²) in [5.41, 5.74) is 7.74. The summed E-state index contributed by atoms with van der Waals surface area (Å²) in [6.45, 7) is 1.94. The Kier molecular flexibility index (Phi) is 3.57. The molecular formula is C14H20N2O. The molecule has 0 radical (unpaired) electrons. The van der Waals surface area contributed by atoms with Crippen molar-refractivity contribution in [1.82, 2.24) is 4.98 Å². The number of hydrogen-bond acceptors (Lipinski definition) is 3. The van der Waals surface area contributed by atoms with E-state index in [1.807, 2.05) is 13.0 Å². The van der Waals surface area contributed by atoms with Crippen molar-refractivity contribution in [3.05, 3.63) is 29.6 Å². The maximum atomic E-state index is 12.2. The van der Waals surface area contributed by atoms with E-state index in [1.54, 1.807) is 12.4 Å². The first-order valence-corrected chi connectivity index (χ1v) is 6.33. The number of aromatic nitrogens is 1. The molecule has 0 amide bonds. The Balaban J connectivity index is 2.09. The summed E-state index contributed by atoms with van der Waals surface area (Å²) in [5, 5.41) is 0. The Morgan fingerprint density at radius 2 is 2.12 bits per heavy atom. The Morgan fingerprint density at radius 1 is 1.41 bits per heavy atom. The van der Waals surface area contributed by atoms with Crippen LogP contribution in [0.15, 0.2) is 18.5 Å². The minimum atomic E-state index is -0.280. The summed E-state index contributed by atoms with van der Waals surface area (Å²) in [6.07, 6.45) is 9.31. The molecule has 92 valence electrons. The first kappa shape index (κ1) is 12.2. The highest BCUT2D eigenvalue weighted by molar-refractivity contribution is 5.97. The van der Waals surface area contributed by atoms with Gasteiger partial charge in [-0.25, -0.2) is 0 Å². The number of hydrogen-bond donors (Lipinski definition) is 1. The van der Waals surface area contributed by atoms with E-state index < -0.39 is 0 Å². The normalized spacial score (nSPS) is 18.9.